The maximum atomic E-state index is 12.4. The summed E-state index contributed by atoms with van der Waals surface area (Å²) in [5.74, 6) is -1.58. The van der Waals surface area contributed by atoms with Crippen molar-refractivity contribution < 1.29 is 31.2 Å². The molecule has 0 radical (unpaired) electrons. The number of rotatable bonds is 8. The zero-order valence-corrected chi connectivity index (χ0v) is 19.0. The van der Waals surface area contributed by atoms with Gasteiger partial charge in [-0.2, -0.15) is 0 Å². The van der Waals surface area contributed by atoms with E-state index in [4.69, 9.17) is 4.74 Å². The van der Waals surface area contributed by atoms with E-state index >= 15 is 0 Å². The number of benzene rings is 2. The van der Waals surface area contributed by atoms with Crippen molar-refractivity contribution in [1.82, 2.24) is 9.03 Å². The number of sulfonamides is 2. The molecule has 0 fully saturated rings. The second-order valence-electron chi connectivity index (χ2n) is 6.59. The van der Waals surface area contributed by atoms with Gasteiger partial charge in [-0.1, -0.05) is 12.1 Å². The fourth-order valence-electron chi connectivity index (χ4n) is 2.38. The van der Waals surface area contributed by atoms with Gasteiger partial charge in [-0.05, 0) is 50.4 Å². The van der Waals surface area contributed by atoms with Crippen molar-refractivity contribution in [2.45, 2.75) is 22.8 Å². The molecule has 0 aliphatic rings. The van der Waals surface area contributed by atoms with Crippen molar-refractivity contribution in [3.05, 3.63) is 54.1 Å². The number of anilines is 1. The first-order valence-corrected chi connectivity index (χ1v) is 11.9. The summed E-state index contributed by atoms with van der Waals surface area (Å²) >= 11 is 0. The smallest absolute Gasteiger partial charge is 0.338 e. The van der Waals surface area contributed by atoms with Crippen molar-refractivity contribution in [2.24, 2.45) is 0 Å². The second-order valence-corrected chi connectivity index (χ2v) is 10.6. The molecule has 0 aromatic heterocycles. The van der Waals surface area contributed by atoms with E-state index in [9.17, 15) is 26.4 Å². The molecule has 1 atom stereocenters. The van der Waals surface area contributed by atoms with Gasteiger partial charge in [0.2, 0.25) is 20.0 Å². The van der Waals surface area contributed by atoms with Crippen LogP contribution in [0.25, 0.3) is 0 Å². The van der Waals surface area contributed by atoms with Gasteiger partial charge in [0, 0.05) is 19.8 Å². The first kappa shape index (κ1) is 24.5. The Morgan fingerprint density at radius 3 is 2.19 bits per heavy atom. The molecule has 0 spiro atoms. The first-order valence-electron chi connectivity index (χ1n) is 8.96. The van der Waals surface area contributed by atoms with E-state index < -0.39 is 38.0 Å². The maximum absolute atomic E-state index is 12.4. The Labute approximate surface area is 181 Å². The normalized spacial score (nSPS) is 12.9. The van der Waals surface area contributed by atoms with Gasteiger partial charge in [0.05, 0.1) is 15.4 Å². The lowest BCUT2D eigenvalue weighted by Crippen LogP contribution is -2.30. The maximum Gasteiger partial charge on any atom is 0.338 e. The lowest BCUT2D eigenvalue weighted by Gasteiger charge is -2.15. The van der Waals surface area contributed by atoms with E-state index in [1.165, 1.54) is 70.5 Å². The summed E-state index contributed by atoms with van der Waals surface area (Å²) in [5, 5.41) is 2.49. The van der Waals surface area contributed by atoms with E-state index in [1.54, 1.807) is 0 Å². The Morgan fingerprint density at radius 1 is 0.968 bits per heavy atom. The monoisotopic (exact) mass is 469 g/mol. The highest BCUT2D eigenvalue weighted by Gasteiger charge is 2.22. The zero-order chi connectivity index (χ0) is 23.4. The van der Waals surface area contributed by atoms with Crippen LogP contribution in [0.5, 0.6) is 0 Å². The van der Waals surface area contributed by atoms with E-state index in [1.807, 2.05) is 0 Å². The molecule has 12 heteroatoms. The Hall–Kier alpha value is -2.80. The molecule has 168 valence electrons. The number of carbonyl (C=O) groups excluding carboxylic acids is 2. The molecule has 2 aromatic rings. The third-order valence-electron chi connectivity index (χ3n) is 4.18. The third kappa shape index (κ3) is 5.88. The van der Waals surface area contributed by atoms with Crippen LogP contribution in [0.3, 0.4) is 0 Å². The van der Waals surface area contributed by atoms with Crippen LogP contribution in [0.1, 0.15) is 17.3 Å². The lowest BCUT2D eigenvalue weighted by atomic mass is 10.2. The number of nitrogens with zero attached hydrogens (tertiary/aromatic N) is 1. The summed E-state index contributed by atoms with van der Waals surface area (Å²) in [4.78, 5) is 24.6. The molecule has 2 aromatic carbocycles. The van der Waals surface area contributed by atoms with Crippen LogP contribution in [-0.2, 0) is 29.6 Å². The Balaban J connectivity index is 2.12. The minimum atomic E-state index is -3.75. The summed E-state index contributed by atoms with van der Waals surface area (Å²) < 4.78 is 56.5. The van der Waals surface area contributed by atoms with Gasteiger partial charge in [-0.3, -0.25) is 4.79 Å². The number of amides is 1. The van der Waals surface area contributed by atoms with Gasteiger partial charge in [0.1, 0.15) is 0 Å². The minimum Gasteiger partial charge on any atom is -0.449 e. The summed E-state index contributed by atoms with van der Waals surface area (Å²) in [6, 6.07) is 10.8. The number of hydrogen-bond acceptors (Lipinski definition) is 7. The second kappa shape index (κ2) is 9.56. The molecule has 0 saturated carbocycles. The molecule has 0 heterocycles. The van der Waals surface area contributed by atoms with E-state index in [0.29, 0.717) is 0 Å². The molecule has 2 N–H and O–H groups in total. The largest absolute Gasteiger partial charge is 0.449 e. The van der Waals surface area contributed by atoms with Crippen LogP contribution in [0.2, 0.25) is 0 Å². The van der Waals surface area contributed by atoms with Gasteiger partial charge in [0.15, 0.2) is 6.10 Å². The van der Waals surface area contributed by atoms with Gasteiger partial charge >= 0.3 is 5.97 Å². The third-order valence-corrected chi connectivity index (χ3v) is 7.41. The van der Waals surface area contributed by atoms with Crippen molar-refractivity contribution >= 4 is 37.6 Å². The van der Waals surface area contributed by atoms with Crippen molar-refractivity contribution in [3.63, 3.8) is 0 Å². The van der Waals surface area contributed by atoms with Crippen LogP contribution < -0.4 is 10.0 Å². The summed E-state index contributed by atoms with van der Waals surface area (Å²) in [6.07, 6.45) is -1.23. The van der Waals surface area contributed by atoms with Crippen LogP contribution in [0.15, 0.2) is 58.3 Å². The van der Waals surface area contributed by atoms with Crippen molar-refractivity contribution in [3.8, 4) is 0 Å². The lowest BCUT2D eigenvalue weighted by molar-refractivity contribution is -0.123. The number of hydrogen-bond donors (Lipinski definition) is 2. The Kier molecular flexibility index (Phi) is 7.54. The van der Waals surface area contributed by atoms with E-state index in [2.05, 4.69) is 10.0 Å². The predicted molar refractivity (Wildman–Crippen MR) is 114 cm³/mol. The summed E-state index contributed by atoms with van der Waals surface area (Å²) in [6.45, 7) is 1.34. The first-order chi connectivity index (χ1) is 14.4. The Morgan fingerprint density at radius 2 is 1.58 bits per heavy atom. The fraction of sp³-hybridized carbons (Fsp3) is 0.263. The highest BCUT2D eigenvalue weighted by Crippen LogP contribution is 2.19. The van der Waals surface area contributed by atoms with Gasteiger partial charge in [-0.15, -0.1) is 0 Å². The predicted octanol–water partition coefficient (Wildman–Crippen LogP) is 1.03. The van der Waals surface area contributed by atoms with Gasteiger partial charge in [-0.25, -0.2) is 30.7 Å². The minimum absolute atomic E-state index is 0.0116. The Bertz CT molecular complexity index is 1190. The molecule has 1 amide bonds. The molecule has 0 unspecified atom stereocenters. The van der Waals surface area contributed by atoms with E-state index in [0.717, 1.165) is 10.4 Å². The number of nitrogens with one attached hydrogen (secondary N) is 2. The molecule has 2 rings (SSSR count). The number of carbonyl (C=O) groups is 2. The molecule has 0 aliphatic heterocycles. The molecule has 0 saturated heterocycles. The molecule has 0 aliphatic carbocycles. The van der Waals surface area contributed by atoms with Crippen LogP contribution in [0.4, 0.5) is 5.69 Å². The van der Waals surface area contributed by atoms with Crippen molar-refractivity contribution in [1.29, 1.82) is 0 Å². The standard InChI is InChI=1S/C19H23N3O7S2/c1-13(29-19(24)14-7-5-9-16(11-14)30(25,26)20-2)18(23)21-15-8-6-10-17(12-15)31(27,28)22(3)4/h5-13,20H,1-4H3,(H,21,23)/t13-/m1/s1. The van der Waals surface area contributed by atoms with Gasteiger partial charge < -0.3 is 10.1 Å². The molecular formula is C19H23N3O7S2. The topological polar surface area (TPSA) is 139 Å². The van der Waals surface area contributed by atoms with Crippen LogP contribution in [0, 0.1) is 0 Å². The number of ether oxygens (including phenoxy) is 1. The average molecular weight is 470 g/mol. The van der Waals surface area contributed by atoms with E-state index in [-0.39, 0.29) is 21.0 Å². The molecule has 10 nitrogen and oxygen atoms in total. The molecule has 31 heavy (non-hydrogen) atoms. The fourth-order valence-corrected chi connectivity index (χ4v) is 4.10. The SMILES string of the molecule is CNS(=O)(=O)c1cccc(C(=O)O[C@H](C)C(=O)Nc2cccc(S(=O)(=O)N(C)C)c2)c1. The highest BCUT2D eigenvalue weighted by atomic mass is 32.2. The molecule has 0 bridgehead atoms. The van der Waals surface area contributed by atoms with Crippen molar-refractivity contribution in [2.75, 3.05) is 26.5 Å². The van der Waals surface area contributed by atoms with Crippen LogP contribution in [-0.4, -0.2) is 60.3 Å². The highest BCUT2D eigenvalue weighted by molar-refractivity contribution is 7.89. The summed E-state index contributed by atoms with van der Waals surface area (Å²) in [5.41, 5.74) is 0.160. The quantitative estimate of drug-likeness (QED) is 0.551. The average Bonchev–Trinajstić information content (AvgIpc) is 2.73. The summed E-state index contributed by atoms with van der Waals surface area (Å²) in [7, 11) is -3.42. The van der Waals surface area contributed by atoms with Crippen LogP contribution >= 0.6 is 0 Å². The van der Waals surface area contributed by atoms with Gasteiger partial charge in [0.25, 0.3) is 5.91 Å². The zero-order valence-electron chi connectivity index (χ0n) is 17.3. The molecular weight excluding hydrogens is 446 g/mol. The number of esters is 1.